The van der Waals surface area contributed by atoms with E-state index in [1.807, 2.05) is 0 Å². The fourth-order valence-corrected chi connectivity index (χ4v) is 2.80. The van der Waals surface area contributed by atoms with Crippen molar-refractivity contribution in [1.82, 2.24) is 10.3 Å². The van der Waals surface area contributed by atoms with Crippen LogP contribution in [0.2, 0.25) is 10.0 Å². The van der Waals surface area contributed by atoms with Crippen LogP contribution in [0.15, 0.2) is 23.7 Å². The Bertz CT molecular complexity index is 600. The molecule has 0 saturated carbocycles. The molecule has 19 heavy (non-hydrogen) atoms. The van der Waals surface area contributed by atoms with Crippen molar-refractivity contribution < 1.29 is 4.79 Å². The Hall–Kier alpha value is -1.14. The molecule has 0 aliphatic heterocycles. The van der Waals surface area contributed by atoms with E-state index in [1.165, 1.54) is 11.3 Å². The summed E-state index contributed by atoms with van der Waals surface area (Å²) >= 11 is 13.4. The van der Waals surface area contributed by atoms with Gasteiger partial charge in [-0.1, -0.05) is 23.2 Å². The van der Waals surface area contributed by atoms with Gasteiger partial charge in [-0.15, -0.1) is 11.3 Å². The van der Waals surface area contributed by atoms with Gasteiger partial charge in [-0.05, 0) is 18.2 Å². The van der Waals surface area contributed by atoms with Gasteiger partial charge in [0.05, 0.1) is 10.4 Å². The molecule has 0 aliphatic carbocycles. The fraction of sp³-hybridized carbons (Fsp3) is 0.167. The van der Waals surface area contributed by atoms with Crippen LogP contribution in [0.5, 0.6) is 0 Å². The Morgan fingerprint density at radius 1 is 1.42 bits per heavy atom. The molecule has 2 aromatic rings. The zero-order valence-electron chi connectivity index (χ0n) is 9.82. The van der Waals surface area contributed by atoms with Gasteiger partial charge in [-0.2, -0.15) is 0 Å². The topological polar surface area (TPSA) is 68.0 Å². The number of benzene rings is 1. The Kier molecular flexibility index (Phi) is 4.76. The number of hydrogen-bond donors (Lipinski definition) is 2. The Labute approximate surface area is 124 Å². The van der Waals surface area contributed by atoms with Crippen LogP contribution in [-0.2, 0) is 0 Å². The molecular formula is C12H11Cl2N3OS. The Morgan fingerprint density at radius 3 is 2.95 bits per heavy atom. The van der Waals surface area contributed by atoms with Crippen LogP contribution in [0.25, 0.3) is 10.4 Å². The number of halogens is 2. The summed E-state index contributed by atoms with van der Waals surface area (Å²) < 4.78 is 0. The molecule has 100 valence electrons. The number of carbonyl (C=O) groups is 1. The highest BCUT2D eigenvalue weighted by atomic mass is 35.5. The summed E-state index contributed by atoms with van der Waals surface area (Å²) in [5, 5.41) is 3.77. The van der Waals surface area contributed by atoms with E-state index >= 15 is 0 Å². The molecular weight excluding hydrogens is 305 g/mol. The van der Waals surface area contributed by atoms with Crippen LogP contribution in [0, 0.1) is 0 Å². The van der Waals surface area contributed by atoms with Crippen LogP contribution in [0.4, 0.5) is 0 Å². The minimum absolute atomic E-state index is 0.266. The molecule has 1 heterocycles. The van der Waals surface area contributed by atoms with Crippen molar-refractivity contribution in [2.75, 3.05) is 13.1 Å². The summed E-state index contributed by atoms with van der Waals surface area (Å²) in [5.41, 5.74) is 7.99. The van der Waals surface area contributed by atoms with E-state index in [2.05, 4.69) is 10.3 Å². The van der Waals surface area contributed by atoms with Gasteiger partial charge in [-0.25, -0.2) is 4.98 Å². The first kappa shape index (κ1) is 14.3. The number of nitrogens with one attached hydrogen (secondary N) is 1. The number of nitrogens with zero attached hydrogens (tertiary/aromatic N) is 1. The summed E-state index contributed by atoms with van der Waals surface area (Å²) in [5.74, 6) is -0.266. The Morgan fingerprint density at radius 2 is 2.21 bits per heavy atom. The van der Waals surface area contributed by atoms with Crippen LogP contribution >= 0.6 is 34.5 Å². The minimum Gasteiger partial charge on any atom is -0.349 e. The molecule has 0 radical (unpaired) electrons. The number of amides is 1. The largest absolute Gasteiger partial charge is 0.349 e. The van der Waals surface area contributed by atoms with Crippen molar-refractivity contribution in [1.29, 1.82) is 0 Å². The van der Waals surface area contributed by atoms with Crippen molar-refractivity contribution in [3.63, 3.8) is 0 Å². The molecule has 0 atom stereocenters. The summed E-state index contributed by atoms with van der Waals surface area (Å²) in [6.07, 6.45) is 0. The highest BCUT2D eigenvalue weighted by Crippen LogP contribution is 2.35. The lowest BCUT2D eigenvalue weighted by molar-refractivity contribution is 0.0951. The molecule has 4 nitrogen and oxygen atoms in total. The number of rotatable bonds is 4. The second-order valence-corrected chi connectivity index (χ2v) is 5.40. The van der Waals surface area contributed by atoms with Crippen molar-refractivity contribution >= 4 is 40.4 Å². The molecule has 0 fully saturated rings. The predicted molar refractivity (Wildman–Crippen MR) is 79.0 cm³/mol. The summed E-state index contributed by atoms with van der Waals surface area (Å²) in [4.78, 5) is 16.7. The van der Waals surface area contributed by atoms with E-state index in [1.54, 1.807) is 23.7 Å². The average Bonchev–Trinajstić information content (AvgIpc) is 2.88. The van der Waals surface area contributed by atoms with Gasteiger partial charge in [0.15, 0.2) is 0 Å². The zero-order valence-corrected chi connectivity index (χ0v) is 12.1. The smallest absolute Gasteiger partial charge is 0.271 e. The van der Waals surface area contributed by atoms with Gasteiger partial charge in [0, 0.05) is 28.7 Å². The van der Waals surface area contributed by atoms with Gasteiger partial charge in [0.2, 0.25) is 0 Å². The second kappa shape index (κ2) is 6.34. The first-order valence-corrected chi connectivity index (χ1v) is 7.14. The van der Waals surface area contributed by atoms with Crippen molar-refractivity contribution in [3.05, 3.63) is 39.4 Å². The lowest BCUT2D eigenvalue weighted by Gasteiger charge is -2.06. The van der Waals surface area contributed by atoms with Crippen LogP contribution < -0.4 is 11.1 Å². The third kappa shape index (κ3) is 3.25. The second-order valence-electron chi connectivity index (χ2n) is 3.70. The average molecular weight is 316 g/mol. The molecule has 0 saturated heterocycles. The highest BCUT2D eigenvalue weighted by molar-refractivity contribution is 7.13. The fourth-order valence-electron chi connectivity index (χ4n) is 1.54. The first-order chi connectivity index (χ1) is 9.13. The monoisotopic (exact) mass is 315 g/mol. The SMILES string of the molecule is NCCNC(=O)c1ncsc1-c1cc(Cl)ccc1Cl. The molecule has 2 rings (SSSR count). The van der Waals surface area contributed by atoms with Crippen molar-refractivity contribution in [3.8, 4) is 10.4 Å². The Balaban J connectivity index is 2.38. The number of hydrogen-bond acceptors (Lipinski definition) is 4. The lowest BCUT2D eigenvalue weighted by Crippen LogP contribution is -2.29. The summed E-state index contributed by atoms with van der Waals surface area (Å²) in [6, 6.07) is 5.11. The van der Waals surface area contributed by atoms with Gasteiger partial charge < -0.3 is 11.1 Å². The number of nitrogens with two attached hydrogens (primary N) is 1. The lowest BCUT2D eigenvalue weighted by atomic mass is 10.1. The summed E-state index contributed by atoms with van der Waals surface area (Å²) in [6.45, 7) is 0.780. The molecule has 0 spiro atoms. The number of thiazole rings is 1. The number of aromatic nitrogens is 1. The molecule has 0 unspecified atom stereocenters. The molecule has 1 amide bonds. The predicted octanol–water partition coefficient (Wildman–Crippen LogP) is 2.81. The maximum atomic E-state index is 12.0. The quantitative estimate of drug-likeness (QED) is 0.911. The van der Waals surface area contributed by atoms with Crippen LogP contribution in [0.3, 0.4) is 0 Å². The maximum Gasteiger partial charge on any atom is 0.271 e. The van der Waals surface area contributed by atoms with Crippen molar-refractivity contribution in [2.45, 2.75) is 0 Å². The molecule has 7 heteroatoms. The van der Waals surface area contributed by atoms with E-state index in [0.717, 1.165) is 0 Å². The molecule has 0 bridgehead atoms. The molecule has 1 aromatic carbocycles. The van der Waals surface area contributed by atoms with E-state index in [9.17, 15) is 4.79 Å². The molecule has 0 aliphatic rings. The minimum atomic E-state index is -0.266. The van der Waals surface area contributed by atoms with Gasteiger partial charge in [-0.3, -0.25) is 4.79 Å². The third-order valence-corrected chi connectivity index (χ3v) is 3.81. The van der Waals surface area contributed by atoms with Crippen LogP contribution in [-0.4, -0.2) is 24.0 Å². The van der Waals surface area contributed by atoms with Gasteiger partial charge >= 0.3 is 0 Å². The van der Waals surface area contributed by atoms with E-state index in [-0.39, 0.29) is 5.91 Å². The van der Waals surface area contributed by atoms with E-state index in [0.29, 0.717) is 39.3 Å². The number of carbonyl (C=O) groups excluding carboxylic acids is 1. The van der Waals surface area contributed by atoms with E-state index in [4.69, 9.17) is 28.9 Å². The summed E-state index contributed by atoms with van der Waals surface area (Å²) in [7, 11) is 0. The third-order valence-electron chi connectivity index (χ3n) is 2.39. The van der Waals surface area contributed by atoms with Gasteiger partial charge in [0.25, 0.3) is 5.91 Å². The first-order valence-electron chi connectivity index (χ1n) is 5.50. The molecule has 3 N–H and O–H groups in total. The normalized spacial score (nSPS) is 10.5. The van der Waals surface area contributed by atoms with Crippen molar-refractivity contribution in [2.24, 2.45) is 5.73 Å². The van der Waals surface area contributed by atoms with E-state index < -0.39 is 0 Å². The zero-order chi connectivity index (χ0) is 13.8. The van der Waals surface area contributed by atoms with Gasteiger partial charge in [0.1, 0.15) is 5.69 Å². The standard InChI is InChI=1S/C12H11Cl2N3OS/c13-7-1-2-9(14)8(5-7)11-10(17-6-19-11)12(18)16-4-3-15/h1-2,5-6H,3-4,15H2,(H,16,18). The highest BCUT2D eigenvalue weighted by Gasteiger charge is 2.18. The van der Waals surface area contributed by atoms with Crippen LogP contribution in [0.1, 0.15) is 10.5 Å². The maximum absolute atomic E-state index is 12.0. The molecule has 1 aromatic heterocycles.